The predicted molar refractivity (Wildman–Crippen MR) is 134 cm³/mol. The zero-order valence-electron chi connectivity index (χ0n) is 19.7. The maximum absolute atomic E-state index is 12.9. The van der Waals surface area contributed by atoms with Gasteiger partial charge in [0.15, 0.2) is 0 Å². The number of aromatic nitrogens is 1. The molecule has 0 unspecified atom stereocenters. The summed E-state index contributed by atoms with van der Waals surface area (Å²) >= 11 is 0. The summed E-state index contributed by atoms with van der Waals surface area (Å²) in [7, 11) is -1.56. The van der Waals surface area contributed by atoms with Crippen LogP contribution in [-0.4, -0.2) is 81.1 Å². The molecule has 182 valence electrons. The van der Waals surface area contributed by atoms with Crippen LogP contribution in [-0.2, 0) is 14.8 Å². The second-order valence-corrected chi connectivity index (χ2v) is 10.7. The van der Waals surface area contributed by atoms with Gasteiger partial charge >= 0.3 is 0 Å². The highest BCUT2D eigenvalue weighted by Gasteiger charge is 2.23. The fourth-order valence-electron chi connectivity index (χ4n) is 4.54. The number of nitrogens with one attached hydrogen (secondary N) is 2. The number of rotatable bonds is 8. The highest BCUT2D eigenvalue weighted by atomic mass is 32.2. The Morgan fingerprint density at radius 2 is 1.85 bits per heavy atom. The quantitative estimate of drug-likeness (QED) is 0.512. The van der Waals surface area contributed by atoms with Crippen molar-refractivity contribution in [2.24, 2.45) is 0 Å². The van der Waals surface area contributed by atoms with E-state index in [4.69, 9.17) is 4.74 Å². The Kier molecular flexibility index (Phi) is 7.55. The van der Waals surface area contributed by atoms with Gasteiger partial charge in [-0.1, -0.05) is 30.3 Å². The van der Waals surface area contributed by atoms with Gasteiger partial charge < -0.3 is 15.0 Å². The Bertz CT molecular complexity index is 1220. The van der Waals surface area contributed by atoms with Crippen LogP contribution in [0.3, 0.4) is 0 Å². The van der Waals surface area contributed by atoms with E-state index in [1.807, 2.05) is 53.6 Å². The summed E-state index contributed by atoms with van der Waals surface area (Å²) in [5, 5.41) is 4.24. The Hall–Kier alpha value is -2.88. The lowest BCUT2D eigenvalue weighted by atomic mass is 9.90. The molecule has 1 aliphatic heterocycles. The predicted octanol–water partition coefficient (Wildman–Crippen LogP) is 2.39. The Morgan fingerprint density at radius 1 is 1.09 bits per heavy atom. The second kappa shape index (κ2) is 10.6. The number of fused-ring (bicyclic) bond motifs is 1. The zero-order valence-corrected chi connectivity index (χ0v) is 20.5. The summed E-state index contributed by atoms with van der Waals surface area (Å²) in [5.74, 6) is 0.691. The van der Waals surface area contributed by atoms with Gasteiger partial charge in [-0.2, -0.15) is 0 Å². The summed E-state index contributed by atoms with van der Waals surface area (Å²) in [6.07, 6.45) is 3.96. The van der Waals surface area contributed by atoms with Crippen LogP contribution in [0.2, 0.25) is 0 Å². The van der Waals surface area contributed by atoms with Crippen molar-refractivity contribution in [1.29, 1.82) is 0 Å². The number of methoxy groups -OCH3 is 1. The largest absolute Gasteiger partial charge is 0.497 e. The standard InChI is InChI=1S/C25H32N4O4S/c1-33-20-10-8-19(9-11-20)22(23-17-26-24-7-4-3-6-21(23)24)16-27-25(30)18-28-12-5-13-29(15-14-28)34(2,31)32/h3-4,6-11,17,22,26H,5,12-16,18H2,1-2H3,(H,27,30)/t22-/m0/s1. The molecular weight excluding hydrogens is 452 g/mol. The lowest BCUT2D eigenvalue weighted by molar-refractivity contribution is -0.122. The van der Waals surface area contributed by atoms with Crippen molar-refractivity contribution in [3.8, 4) is 5.75 Å². The third-order valence-corrected chi connectivity index (χ3v) is 7.71. The van der Waals surface area contributed by atoms with Crippen LogP contribution in [0.4, 0.5) is 0 Å². The average Bonchev–Trinajstić information content (AvgIpc) is 3.09. The summed E-state index contributed by atoms with van der Waals surface area (Å²) in [5.41, 5.74) is 3.27. The molecule has 1 amide bonds. The molecule has 1 fully saturated rings. The monoisotopic (exact) mass is 484 g/mol. The number of amides is 1. The van der Waals surface area contributed by atoms with Gasteiger partial charge in [0.05, 0.1) is 19.9 Å². The van der Waals surface area contributed by atoms with Gasteiger partial charge in [0.25, 0.3) is 0 Å². The van der Waals surface area contributed by atoms with Crippen molar-refractivity contribution in [1.82, 2.24) is 19.5 Å². The zero-order chi connectivity index (χ0) is 24.1. The fraction of sp³-hybridized carbons (Fsp3) is 0.400. The molecule has 4 rings (SSSR count). The minimum Gasteiger partial charge on any atom is -0.497 e. The molecule has 9 heteroatoms. The van der Waals surface area contributed by atoms with E-state index in [1.165, 1.54) is 10.6 Å². The lowest BCUT2D eigenvalue weighted by Crippen LogP contribution is -2.41. The second-order valence-electron chi connectivity index (χ2n) is 8.71. The number of benzene rings is 2. The first-order valence-corrected chi connectivity index (χ1v) is 13.3. The van der Waals surface area contributed by atoms with Crippen LogP contribution < -0.4 is 10.1 Å². The number of hydrogen-bond donors (Lipinski definition) is 2. The Labute approximate surface area is 200 Å². The van der Waals surface area contributed by atoms with E-state index in [0.29, 0.717) is 39.1 Å². The van der Waals surface area contributed by atoms with Gasteiger partial charge in [-0.15, -0.1) is 0 Å². The molecule has 2 N–H and O–H groups in total. The number of sulfonamides is 1. The molecule has 1 aliphatic rings. The summed E-state index contributed by atoms with van der Waals surface area (Å²) in [6.45, 7) is 2.86. The number of H-pyrrole nitrogens is 1. The van der Waals surface area contributed by atoms with E-state index in [9.17, 15) is 13.2 Å². The number of hydrogen-bond acceptors (Lipinski definition) is 5. The number of para-hydroxylation sites is 1. The van der Waals surface area contributed by atoms with Gasteiger partial charge in [0, 0.05) is 49.2 Å². The van der Waals surface area contributed by atoms with E-state index >= 15 is 0 Å². The maximum atomic E-state index is 12.9. The van der Waals surface area contributed by atoms with E-state index in [1.54, 1.807) is 7.11 Å². The molecule has 2 heterocycles. The Balaban J connectivity index is 1.46. The minimum absolute atomic E-state index is 0.0316. The molecule has 0 bridgehead atoms. The van der Waals surface area contributed by atoms with Crippen molar-refractivity contribution in [2.45, 2.75) is 12.3 Å². The highest BCUT2D eigenvalue weighted by molar-refractivity contribution is 7.88. The molecule has 8 nitrogen and oxygen atoms in total. The van der Waals surface area contributed by atoms with Crippen molar-refractivity contribution < 1.29 is 17.9 Å². The number of carbonyl (C=O) groups excluding carboxylic acids is 1. The molecule has 34 heavy (non-hydrogen) atoms. The molecular formula is C25H32N4O4S. The van der Waals surface area contributed by atoms with Crippen LogP contribution in [0, 0.1) is 0 Å². The van der Waals surface area contributed by atoms with E-state index < -0.39 is 10.0 Å². The minimum atomic E-state index is -3.21. The topological polar surface area (TPSA) is 94.7 Å². The van der Waals surface area contributed by atoms with Gasteiger partial charge in [-0.05, 0) is 42.3 Å². The van der Waals surface area contributed by atoms with Crippen molar-refractivity contribution in [2.75, 3.05) is 52.6 Å². The van der Waals surface area contributed by atoms with Gasteiger partial charge in [-0.3, -0.25) is 9.69 Å². The Morgan fingerprint density at radius 3 is 2.59 bits per heavy atom. The van der Waals surface area contributed by atoms with Crippen molar-refractivity contribution >= 4 is 26.8 Å². The van der Waals surface area contributed by atoms with Gasteiger partial charge in [-0.25, -0.2) is 12.7 Å². The van der Waals surface area contributed by atoms with Crippen LogP contribution >= 0.6 is 0 Å². The fourth-order valence-corrected chi connectivity index (χ4v) is 5.41. The number of aromatic amines is 1. The normalized spacial score (nSPS) is 16.8. The SMILES string of the molecule is COc1ccc([C@H](CNC(=O)CN2CCCN(S(C)(=O)=O)CC2)c2c[nH]c3ccccc23)cc1. The molecule has 1 atom stereocenters. The van der Waals surface area contributed by atoms with Crippen LogP contribution in [0.1, 0.15) is 23.5 Å². The first kappa shape index (κ1) is 24.3. The molecule has 2 aromatic carbocycles. The molecule has 0 spiro atoms. The highest BCUT2D eigenvalue weighted by Crippen LogP contribution is 2.31. The number of carbonyl (C=O) groups is 1. The van der Waals surface area contributed by atoms with E-state index in [0.717, 1.165) is 27.8 Å². The third kappa shape index (κ3) is 5.78. The number of ether oxygens (including phenoxy) is 1. The van der Waals surface area contributed by atoms with Crippen molar-refractivity contribution in [3.63, 3.8) is 0 Å². The third-order valence-electron chi connectivity index (χ3n) is 6.40. The smallest absolute Gasteiger partial charge is 0.234 e. The first-order valence-electron chi connectivity index (χ1n) is 11.5. The molecule has 3 aromatic rings. The van der Waals surface area contributed by atoms with Crippen LogP contribution in [0.25, 0.3) is 10.9 Å². The molecule has 0 saturated carbocycles. The summed E-state index contributed by atoms with van der Waals surface area (Å²) < 4.78 is 30.5. The lowest BCUT2D eigenvalue weighted by Gasteiger charge is -2.22. The summed E-state index contributed by atoms with van der Waals surface area (Å²) in [4.78, 5) is 18.2. The van der Waals surface area contributed by atoms with Crippen LogP contribution in [0.5, 0.6) is 5.75 Å². The average molecular weight is 485 g/mol. The molecule has 1 saturated heterocycles. The van der Waals surface area contributed by atoms with Crippen molar-refractivity contribution in [3.05, 3.63) is 65.9 Å². The van der Waals surface area contributed by atoms with Crippen LogP contribution in [0.15, 0.2) is 54.7 Å². The van der Waals surface area contributed by atoms with E-state index in [-0.39, 0.29) is 18.4 Å². The van der Waals surface area contributed by atoms with Gasteiger partial charge in [0.1, 0.15) is 5.75 Å². The summed E-state index contributed by atoms with van der Waals surface area (Å²) in [6, 6.07) is 16.1. The number of nitrogens with zero attached hydrogens (tertiary/aromatic N) is 2. The van der Waals surface area contributed by atoms with E-state index in [2.05, 4.69) is 16.4 Å². The molecule has 0 radical (unpaired) electrons. The molecule has 0 aliphatic carbocycles. The first-order chi connectivity index (χ1) is 16.3. The maximum Gasteiger partial charge on any atom is 0.234 e. The molecule has 1 aromatic heterocycles. The van der Waals surface area contributed by atoms with Gasteiger partial charge in [0.2, 0.25) is 15.9 Å².